The van der Waals surface area contributed by atoms with Crippen LogP contribution in [0.3, 0.4) is 0 Å². The number of ether oxygens (including phenoxy) is 1. The minimum absolute atomic E-state index is 0.380. The maximum atomic E-state index is 5.74. The van der Waals surface area contributed by atoms with Crippen molar-refractivity contribution < 1.29 is 4.74 Å². The Bertz CT molecular complexity index is 528. The summed E-state index contributed by atoms with van der Waals surface area (Å²) in [4.78, 5) is 8.16. The first-order chi connectivity index (χ1) is 8.70. The minimum Gasteiger partial charge on any atom is -0.437 e. The second-order valence-electron chi connectivity index (χ2n) is 4.18. The van der Waals surface area contributed by atoms with E-state index in [1.165, 1.54) is 6.20 Å². The van der Waals surface area contributed by atoms with Gasteiger partial charge in [0, 0.05) is 0 Å². The van der Waals surface area contributed by atoms with Gasteiger partial charge in [-0.15, -0.1) is 0 Å². The van der Waals surface area contributed by atoms with Crippen LogP contribution in [0.4, 0.5) is 5.82 Å². The number of benzene rings is 1. The number of aromatic nitrogens is 2. The molecule has 94 valence electrons. The second-order valence-corrected chi connectivity index (χ2v) is 4.18. The highest BCUT2D eigenvalue weighted by Crippen LogP contribution is 2.29. The van der Waals surface area contributed by atoms with Crippen molar-refractivity contribution in [2.24, 2.45) is 5.84 Å². The first-order valence-corrected chi connectivity index (χ1v) is 5.76. The number of para-hydroxylation sites is 1. The van der Waals surface area contributed by atoms with E-state index in [9.17, 15) is 0 Å². The lowest BCUT2D eigenvalue weighted by molar-refractivity contribution is 0.452. The Balaban J connectivity index is 2.28. The Hall–Kier alpha value is -2.14. The van der Waals surface area contributed by atoms with Crippen molar-refractivity contribution in [3.8, 4) is 11.6 Å². The third-order valence-corrected chi connectivity index (χ3v) is 2.52. The van der Waals surface area contributed by atoms with Crippen molar-refractivity contribution in [2.75, 3.05) is 5.43 Å². The summed E-state index contributed by atoms with van der Waals surface area (Å²) in [5, 5.41) is 0. The van der Waals surface area contributed by atoms with Crippen molar-refractivity contribution >= 4 is 5.82 Å². The van der Waals surface area contributed by atoms with E-state index in [1.54, 1.807) is 6.20 Å². The zero-order chi connectivity index (χ0) is 13.0. The van der Waals surface area contributed by atoms with Crippen LogP contribution in [0.15, 0.2) is 36.7 Å². The Morgan fingerprint density at radius 2 is 2.00 bits per heavy atom. The lowest BCUT2D eigenvalue weighted by atomic mass is 10.0. The average Bonchev–Trinajstić information content (AvgIpc) is 2.39. The number of nitrogens with one attached hydrogen (secondary N) is 1. The van der Waals surface area contributed by atoms with Crippen molar-refractivity contribution in [3.63, 3.8) is 0 Å². The molecule has 0 bridgehead atoms. The van der Waals surface area contributed by atoms with Crippen molar-refractivity contribution in [1.82, 2.24) is 9.97 Å². The third kappa shape index (κ3) is 2.75. The van der Waals surface area contributed by atoms with Gasteiger partial charge in [-0.3, -0.25) is 4.98 Å². The molecule has 0 amide bonds. The average molecular weight is 244 g/mol. The van der Waals surface area contributed by atoms with Gasteiger partial charge in [0.2, 0.25) is 5.88 Å². The normalized spacial score (nSPS) is 10.4. The van der Waals surface area contributed by atoms with Crippen LogP contribution in [0.25, 0.3) is 0 Å². The van der Waals surface area contributed by atoms with Crippen molar-refractivity contribution in [1.29, 1.82) is 0 Å². The predicted octanol–water partition coefficient (Wildman–Crippen LogP) is 2.68. The van der Waals surface area contributed by atoms with E-state index in [2.05, 4.69) is 29.2 Å². The van der Waals surface area contributed by atoms with Gasteiger partial charge in [0.1, 0.15) is 5.75 Å². The molecule has 3 N–H and O–H groups in total. The number of nitrogens with zero attached hydrogens (tertiary/aromatic N) is 2. The third-order valence-electron chi connectivity index (χ3n) is 2.52. The predicted molar refractivity (Wildman–Crippen MR) is 70.4 cm³/mol. The summed E-state index contributed by atoms with van der Waals surface area (Å²) in [5.74, 6) is 7.33. The highest BCUT2D eigenvalue weighted by molar-refractivity contribution is 5.39. The fraction of sp³-hybridized carbons (Fsp3) is 0.231. The number of hydrogen-bond donors (Lipinski definition) is 2. The molecule has 0 spiro atoms. The molecular weight excluding hydrogens is 228 g/mol. The number of anilines is 1. The lowest BCUT2D eigenvalue weighted by Gasteiger charge is -2.12. The number of nitrogens with two attached hydrogens (primary N) is 1. The maximum absolute atomic E-state index is 5.74. The van der Waals surface area contributed by atoms with Crippen LogP contribution in [-0.2, 0) is 0 Å². The summed E-state index contributed by atoms with van der Waals surface area (Å²) in [6, 6.07) is 7.88. The summed E-state index contributed by atoms with van der Waals surface area (Å²) in [5.41, 5.74) is 3.57. The minimum atomic E-state index is 0.380. The first kappa shape index (κ1) is 12.3. The Morgan fingerprint density at radius 1 is 1.22 bits per heavy atom. The summed E-state index contributed by atoms with van der Waals surface area (Å²) in [6.07, 6.45) is 3.08. The van der Waals surface area contributed by atoms with E-state index in [1.807, 2.05) is 24.3 Å². The molecular formula is C13H16N4O. The Morgan fingerprint density at radius 3 is 2.72 bits per heavy atom. The monoisotopic (exact) mass is 244 g/mol. The molecule has 18 heavy (non-hydrogen) atoms. The highest BCUT2D eigenvalue weighted by Gasteiger charge is 2.08. The molecule has 1 aromatic carbocycles. The van der Waals surface area contributed by atoms with Crippen LogP contribution >= 0.6 is 0 Å². The maximum Gasteiger partial charge on any atom is 0.239 e. The molecule has 0 aliphatic heterocycles. The fourth-order valence-corrected chi connectivity index (χ4v) is 1.63. The van der Waals surface area contributed by atoms with E-state index >= 15 is 0 Å². The zero-order valence-corrected chi connectivity index (χ0v) is 10.4. The zero-order valence-electron chi connectivity index (χ0n) is 10.4. The lowest BCUT2D eigenvalue weighted by Crippen LogP contribution is -2.09. The molecule has 0 fully saturated rings. The van der Waals surface area contributed by atoms with E-state index in [0.29, 0.717) is 17.6 Å². The summed E-state index contributed by atoms with van der Waals surface area (Å²) < 4.78 is 5.74. The fourth-order valence-electron chi connectivity index (χ4n) is 1.63. The molecule has 0 aliphatic carbocycles. The van der Waals surface area contributed by atoms with Crippen LogP contribution in [-0.4, -0.2) is 9.97 Å². The van der Waals surface area contributed by atoms with Gasteiger partial charge in [0.25, 0.3) is 0 Å². The van der Waals surface area contributed by atoms with Crippen LogP contribution in [0.2, 0.25) is 0 Å². The molecule has 0 aliphatic rings. The summed E-state index contributed by atoms with van der Waals surface area (Å²) in [6.45, 7) is 4.23. The van der Waals surface area contributed by atoms with Crippen LogP contribution < -0.4 is 16.0 Å². The first-order valence-electron chi connectivity index (χ1n) is 5.76. The number of nitrogen functional groups attached to an aromatic ring is 1. The number of hydrazine groups is 1. The quantitative estimate of drug-likeness (QED) is 0.639. The number of rotatable bonds is 4. The van der Waals surface area contributed by atoms with Crippen molar-refractivity contribution in [3.05, 3.63) is 42.2 Å². The topological polar surface area (TPSA) is 73.1 Å². The molecule has 2 aromatic rings. The van der Waals surface area contributed by atoms with Gasteiger partial charge in [-0.25, -0.2) is 5.84 Å². The molecule has 5 heteroatoms. The van der Waals surface area contributed by atoms with Gasteiger partial charge in [-0.2, -0.15) is 4.98 Å². The van der Waals surface area contributed by atoms with Gasteiger partial charge in [0.05, 0.1) is 12.4 Å². The largest absolute Gasteiger partial charge is 0.437 e. The smallest absolute Gasteiger partial charge is 0.239 e. The van der Waals surface area contributed by atoms with Gasteiger partial charge in [-0.05, 0) is 17.5 Å². The Labute approximate surface area is 106 Å². The summed E-state index contributed by atoms with van der Waals surface area (Å²) in [7, 11) is 0. The standard InChI is InChI=1S/C13H16N4O/c1-9(2)10-5-3-4-6-11(10)18-13-8-15-7-12(16-13)17-14/h3-9H,14H2,1-2H3,(H,16,17). The SMILES string of the molecule is CC(C)c1ccccc1Oc1cncc(NN)n1. The Kier molecular flexibility index (Phi) is 3.74. The molecule has 0 saturated carbocycles. The van der Waals surface area contributed by atoms with Gasteiger partial charge in [-0.1, -0.05) is 32.0 Å². The molecule has 0 radical (unpaired) electrons. The van der Waals surface area contributed by atoms with Gasteiger partial charge < -0.3 is 10.2 Å². The van der Waals surface area contributed by atoms with Crippen LogP contribution in [0, 0.1) is 0 Å². The molecule has 0 unspecified atom stereocenters. The van der Waals surface area contributed by atoms with E-state index in [0.717, 1.165) is 11.3 Å². The molecule has 1 heterocycles. The van der Waals surface area contributed by atoms with Gasteiger partial charge in [0.15, 0.2) is 5.82 Å². The van der Waals surface area contributed by atoms with Gasteiger partial charge >= 0.3 is 0 Å². The van der Waals surface area contributed by atoms with Crippen LogP contribution in [0.1, 0.15) is 25.3 Å². The highest BCUT2D eigenvalue weighted by atomic mass is 16.5. The summed E-state index contributed by atoms with van der Waals surface area (Å²) >= 11 is 0. The molecule has 1 aromatic heterocycles. The van der Waals surface area contributed by atoms with E-state index in [4.69, 9.17) is 10.6 Å². The van der Waals surface area contributed by atoms with E-state index < -0.39 is 0 Å². The van der Waals surface area contributed by atoms with E-state index in [-0.39, 0.29) is 0 Å². The van der Waals surface area contributed by atoms with Crippen molar-refractivity contribution in [2.45, 2.75) is 19.8 Å². The molecule has 0 atom stereocenters. The molecule has 5 nitrogen and oxygen atoms in total. The number of hydrogen-bond acceptors (Lipinski definition) is 5. The van der Waals surface area contributed by atoms with Crippen LogP contribution in [0.5, 0.6) is 11.6 Å². The molecule has 0 saturated heterocycles. The molecule has 2 rings (SSSR count). The second kappa shape index (κ2) is 5.46.